The number of ether oxygens (including phenoxy) is 1. The van der Waals surface area contributed by atoms with Crippen molar-refractivity contribution in [3.05, 3.63) is 0 Å². The quantitative estimate of drug-likeness (QED) is 0.365. The number of alkyl carbamates (subject to hydrolysis) is 1. The van der Waals surface area contributed by atoms with E-state index < -0.39 is 11.7 Å². The molecule has 2 N–H and O–H groups in total. The van der Waals surface area contributed by atoms with Gasteiger partial charge in [0.2, 0.25) is 6.41 Å². The first-order chi connectivity index (χ1) is 5.45. The zero-order valence-corrected chi connectivity index (χ0v) is 7.51. The average molecular weight is 174 g/mol. The lowest BCUT2D eigenvalue weighted by Gasteiger charge is -2.19. The maximum Gasteiger partial charge on any atom is 0.409 e. The van der Waals surface area contributed by atoms with E-state index in [9.17, 15) is 9.59 Å². The van der Waals surface area contributed by atoms with Crippen molar-refractivity contribution in [1.82, 2.24) is 10.6 Å². The summed E-state index contributed by atoms with van der Waals surface area (Å²) in [7, 11) is 0. The highest BCUT2D eigenvalue weighted by molar-refractivity contribution is 5.67. The molecule has 0 saturated carbocycles. The van der Waals surface area contributed by atoms with E-state index in [4.69, 9.17) is 4.74 Å². The van der Waals surface area contributed by atoms with Gasteiger partial charge in [0.25, 0.3) is 0 Å². The molecule has 0 aromatic rings. The third kappa shape index (κ3) is 6.85. The predicted molar refractivity (Wildman–Crippen MR) is 43.4 cm³/mol. The van der Waals surface area contributed by atoms with Crippen LogP contribution in [0.1, 0.15) is 20.8 Å². The average Bonchev–Trinajstić information content (AvgIpc) is 1.84. The SMILES string of the molecule is CC(C)(C)OC(=O)NCNC=O. The zero-order valence-electron chi connectivity index (χ0n) is 7.51. The van der Waals surface area contributed by atoms with E-state index >= 15 is 0 Å². The molecule has 0 spiro atoms. The molecular weight excluding hydrogens is 160 g/mol. The fourth-order valence-corrected chi connectivity index (χ4v) is 0.479. The van der Waals surface area contributed by atoms with Gasteiger partial charge >= 0.3 is 6.09 Å². The Kier molecular flexibility index (Phi) is 4.10. The molecule has 0 aliphatic carbocycles. The summed E-state index contributed by atoms with van der Waals surface area (Å²) >= 11 is 0. The first-order valence-electron chi connectivity index (χ1n) is 3.59. The fourth-order valence-electron chi connectivity index (χ4n) is 0.479. The Labute approximate surface area is 71.5 Å². The summed E-state index contributed by atoms with van der Waals surface area (Å²) in [5.41, 5.74) is -0.509. The fraction of sp³-hybridized carbons (Fsp3) is 0.714. The van der Waals surface area contributed by atoms with Crippen LogP contribution in [0.4, 0.5) is 4.79 Å². The normalized spacial score (nSPS) is 10.2. The van der Waals surface area contributed by atoms with E-state index in [1.807, 2.05) is 0 Å². The number of hydrogen-bond acceptors (Lipinski definition) is 3. The maximum atomic E-state index is 10.8. The van der Waals surface area contributed by atoms with E-state index in [1.165, 1.54) is 0 Å². The van der Waals surface area contributed by atoms with Crippen molar-refractivity contribution < 1.29 is 14.3 Å². The van der Waals surface area contributed by atoms with Crippen LogP contribution in [0.5, 0.6) is 0 Å². The number of carbonyl (C=O) groups excluding carboxylic acids is 2. The van der Waals surface area contributed by atoms with Gasteiger partial charge in [-0.05, 0) is 20.8 Å². The molecule has 0 saturated heterocycles. The van der Waals surface area contributed by atoms with Gasteiger partial charge in [-0.3, -0.25) is 4.79 Å². The van der Waals surface area contributed by atoms with Crippen LogP contribution in [-0.2, 0) is 9.53 Å². The summed E-state index contributed by atoms with van der Waals surface area (Å²) in [5, 5.41) is 4.61. The molecule has 0 aliphatic heterocycles. The molecule has 70 valence electrons. The van der Waals surface area contributed by atoms with Gasteiger partial charge in [0.05, 0.1) is 6.67 Å². The molecular formula is C7H14N2O3. The zero-order chi connectivity index (χ0) is 9.61. The van der Waals surface area contributed by atoms with Crippen molar-refractivity contribution in [1.29, 1.82) is 0 Å². The molecule has 0 aliphatic rings. The molecule has 0 rings (SSSR count). The van der Waals surface area contributed by atoms with Crippen LogP contribution in [0, 0.1) is 0 Å². The predicted octanol–water partition coefficient (Wildman–Crippen LogP) is 0.215. The monoisotopic (exact) mass is 174 g/mol. The van der Waals surface area contributed by atoms with E-state index in [2.05, 4.69) is 10.6 Å². The topological polar surface area (TPSA) is 67.4 Å². The van der Waals surface area contributed by atoms with Gasteiger partial charge in [-0.15, -0.1) is 0 Å². The number of nitrogens with one attached hydrogen (secondary N) is 2. The molecule has 2 amide bonds. The van der Waals surface area contributed by atoms with Crippen molar-refractivity contribution in [2.45, 2.75) is 26.4 Å². The van der Waals surface area contributed by atoms with Gasteiger partial charge in [0.15, 0.2) is 0 Å². The lowest BCUT2D eigenvalue weighted by Crippen LogP contribution is -2.37. The van der Waals surface area contributed by atoms with E-state index in [-0.39, 0.29) is 6.67 Å². The van der Waals surface area contributed by atoms with Crippen LogP contribution in [0.3, 0.4) is 0 Å². The second-order valence-electron chi connectivity index (χ2n) is 3.18. The van der Waals surface area contributed by atoms with Crippen LogP contribution in [0.2, 0.25) is 0 Å². The minimum Gasteiger partial charge on any atom is -0.444 e. The van der Waals surface area contributed by atoms with Crippen molar-refractivity contribution >= 4 is 12.5 Å². The number of carbonyl (C=O) groups is 2. The Hall–Kier alpha value is -1.26. The summed E-state index contributed by atoms with van der Waals surface area (Å²) in [5.74, 6) is 0. The number of rotatable bonds is 3. The molecule has 0 atom stereocenters. The lowest BCUT2D eigenvalue weighted by molar-refractivity contribution is -0.109. The van der Waals surface area contributed by atoms with Crippen molar-refractivity contribution in [2.24, 2.45) is 0 Å². The molecule has 0 unspecified atom stereocenters. The lowest BCUT2D eigenvalue weighted by atomic mass is 10.2. The largest absolute Gasteiger partial charge is 0.444 e. The van der Waals surface area contributed by atoms with E-state index in [1.54, 1.807) is 20.8 Å². The minimum absolute atomic E-state index is 0.0818. The molecule has 12 heavy (non-hydrogen) atoms. The third-order valence-corrected chi connectivity index (χ3v) is 0.817. The second kappa shape index (κ2) is 4.58. The first-order valence-corrected chi connectivity index (χ1v) is 3.59. The molecule has 5 nitrogen and oxygen atoms in total. The second-order valence-corrected chi connectivity index (χ2v) is 3.18. The summed E-state index contributed by atoms with van der Waals surface area (Å²) in [6.07, 6.45) is -0.0472. The van der Waals surface area contributed by atoms with Crippen LogP contribution in [-0.4, -0.2) is 24.8 Å². The third-order valence-electron chi connectivity index (χ3n) is 0.817. The first kappa shape index (κ1) is 10.7. The van der Waals surface area contributed by atoms with E-state index in [0.29, 0.717) is 6.41 Å². The van der Waals surface area contributed by atoms with Gasteiger partial charge in [-0.2, -0.15) is 0 Å². The molecule has 0 aromatic carbocycles. The summed E-state index contributed by atoms with van der Waals surface area (Å²) < 4.78 is 4.88. The molecule has 0 radical (unpaired) electrons. The summed E-state index contributed by atoms with van der Waals surface area (Å²) in [6.45, 7) is 5.37. The molecule has 0 bridgehead atoms. The van der Waals surface area contributed by atoms with Crippen molar-refractivity contribution in [3.63, 3.8) is 0 Å². The van der Waals surface area contributed by atoms with Gasteiger partial charge in [0.1, 0.15) is 5.60 Å². The molecule has 0 fully saturated rings. The van der Waals surface area contributed by atoms with Gasteiger partial charge in [0, 0.05) is 0 Å². The Morgan fingerprint density at radius 2 is 2.08 bits per heavy atom. The Bertz CT molecular complexity index is 163. The summed E-state index contributed by atoms with van der Waals surface area (Å²) in [4.78, 5) is 20.6. The highest BCUT2D eigenvalue weighted by Gasteiger charge is 2.14. The van der Waals surface area contributed by atoms with Gasteiger partial charge < -0.3 is 15.4 Å². The maximum absolute atomic E-state index is 10.8. The standard InChI is InChI=1S/C7H14N2O3/c1-7(2,3)12-6(11)9-4-8-5-10/h5H,4H2,1-3H3,(H,8,10)(H,9,11). The molecule has 0 heterocycles. The minimum atomic E-state index is -0.545. The Morgan fingerprint density at radius 3 is 2.50 bits per heavy atom. The van der Waals surface area contributed by atoms with Crippen molar-refractivity contribution in [3.8, 4) is 0 Å². The van der Waals surface area contributed by atoms with Crippen LogP contribution >= 0.6 is 0 Å². The smallest absolute Gasteiger partial charge is 0.409 e. The number of amides is 2. The van der Waals surface area contributed by atoms with Crippen LogP contribution < -0.4 is 10.6 Å². The van der Waals surface area contributed by atoms with Crippen molar-refractivity contribution in [2.75, 3.05) is 6.67 Å². The highest BCUT2D eigenvalue weighted by Crippen LogP contribution is 2.05. The molecule has 5 heteroatoms. The van der Waals surface area contributed by atoms with E-state index in [0.717, 1.165) is 0 Å². The number of hydrogen-bond donors (Lipinski definition) is 2. The highest BCUT2D eigenvalue weighted by atomic mass is 16.6. The van der Waals surface area contributed by atoms with Gasteiger partial charge in [-0.1, -0.05) is 0 Å². The van der Waals surface area contributed by atoms with Crippen LogP contribution in [0.25, 0.3) is 0 Å². The Balaban J connectivity index is 3.53. The molecule has 0 aromatic heterocycles. The van der Waals surface area contributed by atoms with Crippen LogP contribution in [0.15, 0.2) is 0 Å². The summed E-state index contributed by atoms with van der Waals surface area (Å²) in [6, 6.07) is 0. The van der Waals surface area contributed by atoms with Gasteiger partial charge in [-0.25, -0.2) is 4.79 Å². The Morgan fingerprint density at radius 1 is 1.50 bits per heavy atom.